The molecule has 0 aromatic carbocycles. The van der Waals surface area contributed by atoms with Crippen LogP contribution in [0.1, 0.15) is 39.7 Å². The first-order chi connectivity index (χ1) is 9.40. The van der Waals surface area contributed by atoms with Gasteiger partial charge in [-0.25, -0.2) is 9.67 Å². The van der Waals surface area contributed by atoms with Gasteiger partial charge in [-0.05, 0) is 25.2 Å². The van der Waals surface area contributed by atoms with Gasteiger partial charge in [0, 0.05) is 13.0 Å². The van der Waals surface area contributed by atoms with Gasteiger partial charge in [-0.2, -0.15) is 5.10 Å². The molecule has 0 saturated carbocycles. The number of carboxylic acids is 1. The minimum Gasteiger partial charge on any atom is -0.481 e. The van der Waals surface area contributed by atoms with Crippen LogP contribution in [-0.2, 0) is 9.59 Å². The predicted molar refractivity (Wildman–Crippen MR) is 72.9 cm³/mol. The molecule has 20 heavy (non-hydrogen) atoms. The maximum atomic E-state index is 12.0. The van der Waals surface area contributed by atoms with E-state index >= 15 is 0 Å². The zero-order valence-corrected chi connectivity index (χ0v) is 12.1. The molecule has 2 atom stereocenters. The Labute approximate surface area is 118 Å². The lowest BCUT2D eigenvalue weighted by molar-refractivity contribution is -0.138. The largest absolute Gasteiger partial charge is 0.481 e. The number of hydrogen-bond donors (Lipinski definition) is 2. The molecule has 1 rings (SSSR count). The summed E-state index contributed by atoms with van der Waals surface area (Å²) in [6.07, 6.45) is 3.68. The van der Waals surface area contributed by atoms with Crippen LogP contribution in [0.25, 0.3) is 0 Å². The molecule has 0 aliphatic carbocycles. The van der Waals surface area contributed by atoms with Gasteiger partial charge in [0.05, 0.1) is 0 Å². The Morgan fingerprint density at radius 3 is 2.55 bits per heavy atom. The van der Waals surface area contributed by atoms with E-state index < -0.39 is 12.0 Å². The molecule has 7 heteroatoms. The summed E-state index contributed by atoms with van der Waals surface area (Å²) in [5.74, 6) is -0.688. The highest BCUT2D eigenvalue weighted by Gasteiger charge is 2.19. The normalized spacial score (nSPS) is 14.0. The van der Waals surface area contributed by atoms with Gasteiger partial charge in [-0.15, -0.1) is 0 Å². The number of nitrogens with one attached hydrogen (secondary N) is 1. The average Bonchev–Trinajstić information content (AvgIpc) is 2.87. The minimum atomic E-state index is -0.839. The molecule has 0 saturated heterocycles. The van der Waals surface area contributed by atoms with Crippen LogP contribution in [0.2, 0.25) is 0 Å². The first-order valence-electron chi connectivity index (χ1n) is 6.73. The molecule has 2 N–H and O–H groups in total. The van der Waals surface area contributed by atoms with E-state index in [1.165, 1.54) is 17.3 Å². The Kier molecular flexibility index (Phi) is 6.14. The fourth-order valence-corrected chi connectivity index (χ4v) is 2.08. The fraction of sp³-hybridized carbons (Fsp3) is 0.692. The zero-order chi connectivity index (χ0) is 15.1. The fourth-order valence-electron chi connectivity index (χ4n) is 2.08. The lowest BCUT2D eigenvalue weighted by atomic mass is 9.94. The Bertz CT molecular complexity index is 431. The van der Waals surface area contributed by atoms with Crippen molar-refractivity contribution in [3.63, 3.8) is 0 Å². The van der Waals surface area contributed by atoms with Crippen LogP contribution in [0.5, 0.6) is 0 Å². The van der Waals surface area contributed by atoms with Crippen molar-refractivity contribution in [2.45, 2.75) is 39.7 Å². The van der Waals surface area contributed by atoms with E-state index in [0.29, 0.717) is 12.5 Å². The van der Waals surface area contributed by atoms with E-state index in [-0.39, 0.29) is 18.2 Å². The third-order valence-electron chi connectivity index (χ3n) is 3.05. The van der Waals surface area contributed by atoms with Crippen molar-refractivity contribution < 1.29 is 14.7 Å². The first kappa shape index (κ1) is 16.1. The Hall–Kier alpha value is -1.92. The van der Waals surface area contributed by atoms with Crippen LogP contribution in [-0.4, -0.2) is 38.3 Å². The molecule has 2 unspecified atom stereocenters. The number of aromatic nitrogens is 3. The van der Waals surface area contributed by atoms with E-state index in [9.17, 15) is 9.59 Å². The average molecular weight is 282 g/mol. The summed E-state index contributed by atoms with van der Waals surface area (Å²) in [4.78, 5) is 26.6. The van der Waals surface area contributed by atoms with Crippen molar-refractivity contribution in [3.05, 3.63) is 12.7 Å². The maximum Gasteiger partial charge on any atom is 0.303 e. The van der Waals surface area contributed by atoms with Crippen molar-refractivity contribution in [1.82, 2.24) is 20.1 Å². The summed E-state index contributed by atoms with van der Waals surface area (Å²) in [6.45, 7) is 6.16. The van der Waals surface area contributed by atoms with Crippen LogP contribution in [0, 0.1) is 11.8 Å². The van der Waals surface area contributed by atoms with E-state index in [1.807, 2.05) is 13.8 Å². The van der Waals surface area contributed by atoms with E-state index in [0.717, 1.165) is 6.42 Å². The Morgan fingerprint density at radius 2 is 2.05 bits per heavy atom. The van der Waals surface area contributed by atoms with Crippen molar-refractivity contribution in [2.24, 2.45) is 11.8 Å². The van der Waals surface area contributed by atoms with Crippen molar-refractivity contribution in [2.75, 3.05) is 6.54 Å². The lowest BCUT2D eigenvalue weighted by Gasteiger charge is -2.19. The van der Waals surface area contributed by atoms with Crippen LogP contribution in [0.15, 0.2) is 12.7 Å². The van der Waals surface area contributed by atoms with Gasteiger partial charge in [-0.3, -0.25) is 9.59 Å². The van der Waals surface area contributed by atoms with Crippen molar-refractivity contribution in [3.8, 4) is 0 Å². The molecule has 1 heterocycles. The van der Waals surface area contributed by atoms with Crippen LogP contribution in [0.3, 0.4) is 0 Å². The van der Waals surface area contributed by atoms with Gasteiger partial charge in [0.25, 0.3) is 0 Å². The number of nitrogens with zero attached hydrogens (tertiary/aromatic N) is 3. The summed E-state index contributed by atoms with van der Waals surface area (Å²) in [6, 6.07) is -0.456. The summed E-state index contributed by atoms with van der Waals surface area (Å²) in [5.41, 5.74) is 0. The second-order valence-corrected chi connectivity index (χ2v) is 5.39. The zero-order valence-electron chi connectivity index (χ0n) is 12.1. The highest BCUT2D eigenvalue weighted by molar-refractivity contribution is 5.79. The van der Waals surface area contributed by atoms with E-state index in [2.05, 4.69) is 15.4 Å². The molecule has 1 aromatic heterocycles. The first-order valence-corrected chi connectivity index (χ1v) is 6.73. The molecule has 0 spiro atoms. The molecule has 112 valence electrons. The van der Waals surface area contributed by atoms with Crippen molar-refractivity contribution in [1.29, 1.82) is 0 Å². The van der Waals surface area contributed by atoms with Gasteiger partial charge in [0.1, 0.15) is 18.7 Å². The summed E-state index contributed by atoms with van der Waals surface area (Å²) in [7, 11) is 0. The third-order valence-corrected chi connectivity index (χ3v) is 3.05. The molecular weight excluding hydrogens is 260 g/mol. The van der Waals surface area contributed by atoms with E-state index in [4.69, 9.17) is 5.11 Å². The highest BCUT2D eigenvalue weighted by atomic mass is 16.4. The molecule has 0 aliphatic rings. The second kappa shape index (κ2) is 7.62. The molecule has 0 radical (unpaired) electrons. The molecule has 0 bridgehead atoms. The topological polar surface area (TPSA) is 97.1 Å². The quantitative estimate of drug-likeness (QED) is 0.744. The highest BCUT2D eigenvalue weighted by Crippen LogP contribution is 2.15. The van der Waals surface area contributed by atoms with Crippen LogP contribution in [0.4, 0.5) is 0 Å². The molecule has 1 amide bonds. The number of aliphatic carboxylic acids is 1. The number of amides is 1. The van der Waals surface area contributed by atoms with Gasteiger partial charge in [-0.1, -0.05) is 13.8 Å². The monoisotopic (exact) mass is 282 g/mol. The van der Waals surface area contributed by atoms with Gasteiger partial charge in [0.2, 0.25) is 5.91 Å². The summed E-state index contributed by atoms with van der Waals surface area (Å²) < 4.78 is 1.46. The molecule has 0 aliphatic heterocycles. The predicted octanol–water partition coefficient (Wildman–Crippen LogP) is 1.09. The number of carbonyl (C=O) groups is 2. The Morgan fingerprint density at radius 1 is 1.35 bits per heavy atom. The Balaban J connectivity index is 2.49. The van der Waals surface area contributed by atoms with Gasteiger partial charge in [0.15, 0.2) is 0 Å². The number of carboxylic acid groups (broad SMARTS) is 1. The lowest BCUT2D eigenvalue weighted by Crippen LogP contribution is -2.35. The van der Waals surface area contributed by atoms with Crippen molar-refractivity contribution >= 4 is 11.9 Å². The standard InChI is InChI=1S/C13H22N4O3/c1-9(2)4-11(5-12(18)19)6-15-13(20)10(3)17-8-14-7-16-17/h7-11H,4-6H2,1-3H3,(H,15,20)(H,18,19). The second-order valence-electron chi connectivity index (χ2n) is 5.39. The molecule has 7 nitrogen and oxygen atoms in total. The summed E-state index contributed by atoms with van der Waals surface area (Å²) in [5, 5.41) is 15.6. The third kappa shape index (κ3) is 5.38. The van der Waals surface area contributed by atoms with E-state index in [1.54, 1.807) is 6.92 Å². The van der Waals surface area contributed by atoms with Crippen LogP contribution >= 0.6 is 0 Å². The maximum absolute atomic E-state index is 12.0. The molecule has 0 fully saturated rings. The number of rotatable bonds is 8. The molecular formula is C13H22N4O3. The van der Waals surface area contributed by atoms with Gasteiger partial charge < -0.3 is 10.4 Å². The minimum absolute atomic E-state index is 0.0561. The van der Waals surface area contributed by atoms with Crippen LogP contribution < -0.4 is 5.32 Å². The number of hydrogen-bond acceptors (Lipinski definition) is 4. The SMILES string of the molecule is CC(C)CC(CNC(=O)C(C)n1cncn1)CC(=O)O. The smallest absolute Gasteiger partial charge is 0.303 e. The van der Waals surface area contributed by atoms with Gasteiger partial charge >= 0.3 is 5.97 Å². The molecule has 1 aromatic rings. The number of carbonyl (C=O) groups excluding carboxylic acids is 1. The summed E-state index contributed by atoms with van der Waals surface area (Å²) >= 11 is 0.